The number of carboxylic acids is 1. The van der Waals surface area contributed by atoms with E-state index in [-0.39, 0.29) is 42.6 Å². The second kappa shape index (κ2) is 15.7. The van der Waals surface area contributed by atoms with Crippen LogP contribution >= 0.6 is 11.6 Å². The van der Waals surface area contributed by atoms with Crippen LogP contribution in [0.4, 0.5) is 8.78 Å². The summed E-state index contributed by atoms with van der Waals surface area (Å²) in [4.78, 5) is 13.4. The molecule has 5 aromatic carbocycles. The third-order valence-electron chi connectivity index (χ3n) is 9.63. The van der Waals surface area contributed by atoms with Crippen LogP contribution in [0.3, 0.4) is 0 Å². The number of ether oxygens (including phenoxy) is 6. The van der Waals surface area contributed by atoms with Crippen LogP contribution in [0.15, 0.2) is 121 Å². The van der Waals surface area contributed by atoms with Gasteiger partial charge in [-0.1, -0.05) is 115 Å². The third kappa shape index (κ3) is 7.31. The van der Waals surface area contributed by atoms with E-state index in [2.05, 4.69) is 0 Å². The van der Waals surface area contributed by atoms with Gasteiger partial charge in [0.2, 0.25) is 17.2 Å². The lowest BCUT2D eigenvalue weighted by molar-refractivity contribution is -0.345. The number of aliphatic carboxylic acids is 1. The summed E-state index contributed by atoms with van der Waals surface area (Å²) >= 11 is 6.67. The summed E-state index contributed by atoms with van der Waals surface area (Å²) in [6.45, 7) is -0.160. The molecular weight excluding hydrogens is 706 g/mol. The molecule has 53 heavy (non-hydrogen) atoms. The lowest BCUT2D eigenvalue weighted by atomic mass is 9.82. The lowest BCUT2D eigenvalue weighted by Gasteiger charge is -2.49. The summed E-state index contributed by atoms with van der Waals surface area (Å²) in [5.74, 6) is -5.58. The molecule has 0 radical (unpaired) electrons. The molecule has 0 aromatic heterocycles. The number of carbonyl (C=O) groups is 1. The van der Waals surface area contributed by atoms with Crippen molar-refractivity contribution in [3.63, 3.8) is 0 Å². The average molecular weight is 743 g/mol. The fraction of sp³-hybridized carbons (Fsp3) is 0.262. The van der Waals surface area contributed by atoms with Gasteiger partial charge in [-0.15, -0.1) is 0 Å². The Morgan fingerprint density at radius 3 is 1.89 bits per heavy atom. The highest BCUT2D eigenvalue weighted by Gasteiger charge is 2.72. The molecule has 11 heteroatoms. The Kier molecular flexibility index (Phi) is 10.9. The summed E-state index contributed by atoms with van der Waals surface area (Å²) < 4.78 is 67.9. The first-order chi connectivity index (χ1) is 25.7. The Balaban J connectivity index is 1.33. The molecule has 2 aliphatic heterocycles. The molecule has 2 saturated heterocycles. The Labute approximate surface area is 310 Å². The normalized spacial score (nSPS) is 23.5. The van der Waals surface area contributed by atoms with E-state index in [0.717, 1.165) is 16.7 Å². The van der Waals surface area contributed by atoms with Crippen molar-refractivity contribution in [1.82, 2.24) is 0 Å². The Bertz CT molecular complexity index is 2040. The first-order valence-corrected chi connectivity index (χ1v) is 17.5. The lowest BCUT2D eigenvalue weighted by Crippen LogP contribution is -2.68. The summed E-state index contributed by atoms with van der Waals surface area (Å²) in [5.41, 5.74) is 1.26. The van der Waals surface area contributed by atoms with Gasteiger partial charge < -0.3 is 33.5 Å². The molecular formula is C42H37ClF2O8. The first kappa shape index (κ1) is 36.7. The first-order valence-electron chi connectivity index (χ1n) is 17.1. The van der Waals surface area contributed by atoms with Crippen LogP contribution in [-0.2, 0) is 60.5 Å². The van der Waals surface area contributed by atoms with Crippen molar-refractivity contribution < 1.29 is 47.1 Å². The predicted molar refractivity (Wildman–Crippen MR) is 191 cm³/mol. The quantitative estimate of drug-likeness (QED) is 0.122. The van der Waals surface area contributed by atoms with Gasteiger partial charge in [0.25, 0.3) is 0 Å². The fourth-order valence-electron chi connectivity index (χ4n) is 6.89. The van der Waals surface area contributed by atoms with Gasteiger partial charge in [-0.2, -0.15) is 4.39 Å². The number of hydrogen-bond donors (Lipinski definition) is 1. The Hall–Kier alpha value is -4.68. The number of fused-ring (bicyclic) bond motifs is 2. The number of hydrogen-bond acceptors (Lipinski definition) is 7. The fourth-order valence-corrected chi connectivity index (χ4v) is 7.08. The Morgan fingerprint density at radius 2 is 1.32 bits per heavy atom. The minimum Gasteiger partial charge on any atom is -0.494 e. The molecule has 0 aliphatic carbocycles. The van der Waals surface area contributed by atoms with E-state index >= 15 is 4.39 Å². The van der Waals surface area contributed by atoms with Gasteiger partial charge in [-0.3, -0.25) is 0 Å². The second-order valence-corrected chi connectivity index (χ2v) is 13.4. The van der Waals surface area contributed by atoms with Crippen LogP contribution in [0.25, 0.3) is 0 Å². The van der Waals surface area contributed by atoms with Crippen LogP contribution in [0.5, 0.6) is 5.75 Å². The number of rotatable bonds is 14. The van der Waals surface area contributed by atoms with E-state index < -0.39 is 53.9 Å². The van der Waals surface area contributed by atoms with Crippen molar-refractivity contribution >= 4 is 17.6 Å². The van der Waals surface area contributed by atoms with Gasteiger partial charge in [-0.25, -0.2) is 9.18 Å². The van der Waals surface area contributed by atoms with Crippen molar-refractivity contribution in [3.05, 3.63) is 171 Å². The smallest absolute Gasteiger partial charge is 0.341 e. The van der Waals surface area contributed by atoms with Crippen LogP contribution in [-0.4, -0.2) is 48.7 Å². The molecule has 2 heterocycles. The van der Waals surface area contributed by atoms with Gasteiger partial charge in [0, 0.05) is 17.0 Å². The molecule has 7 rings (SSSR count). The molecule has 2 bridgehead atoms. The van der Waals surface area contributed by atoms with Crippen LogP contribution in [0, 0.1) is 11.6 Å². The van der Waals surface area contributed by atoms with E-state index in [0.29, 0.717) is 11.1 Å². The minimum absolute atomic E-state index is 0.0342. The topological polar surface area (TPSA) is 92.7 Å². The highest BCUT2D eigenvalue weighted by Crippen LogP contribution is 2.53. The maximum Gasteiger partial charge on any atom is 0.341 e. The molecule has 2 fully saturated rings. The number of methoxy groups -OCH3 is 1. The molecule has 0 spiro atoms. The molecule has 1 N–H and O–H groups in total. The zero-order chi connectivity index (χ0) is 37.0. The van der Waals surface area contributed by atoms with Crippen LogP contribution in [0.2, 0.25) is 5.02 Å². The molecule has 0 unspecified atom stereocenters. The van der Waals surface area contributed by atoms with Gasteiger partial charge in [0.1, 0.15) is 18.3 Å². The molecule has 5 aromatic rings. The highest BCUT2D eigenvalue weighted by molar-refractivity contribution is 6.31. The van der Waals surface area contributed by atoms with E-state index in [1.807, 2.05) is 91.0 Å². The molecule has 0 amide bonds. The summed E-state index contributed by atoms with van der Waals surface area (Å²) in [6, 6.07) is 35.9. The summed E-state index contributed by atoms with van der Waals surface area (Å²) in [5, 5.41) is 11.2. The van der Waals surface area contributed by atoms with E-state index in [1.165, 1.54) is 19.2 Å². The molecule has 2 aliphatic rings. The highest BCUT2D eigenvalue weighted by atomic mass is 35.5. The van der Waals surface area contributed by atoms with E-state index in [4.69, 9.17) is 40.0 Å². The maximum absolute atomic E-state index is 15.2. The molecule has 274 valence electrons. The van der Waals surface area contributed by atoms with Crippen molar-refractivity contribution in [2.24, 2.45) is 0 Å². The van der Waals surface area contributed by atoms with Crippen LogP contribution < -0.4 is 4.74 Å². The zero-order valence-electron chi connectivity index (χ0n) is 28.8. The largest absolute Gasteiger partial charge is 0.494 e. The summed E-state index contributed by atoms with van der Waals surface area (Å²) in [6.07, 6.45) is -3.47. The van der Waals surface area contributed by atoms with Crippen molar-refractivity contribution in [2.75, 3.05) is 13.7 Å². The van der Waals surface area contributed by atoms with Gasteiger partial charge in [-0.05, 0) is 46.0 Å². The monoisotopic (exact) mass is 742 g/mol. The zero-order valence-corrected chi connectivity index (χ0v) is 29.5. The maximum atomic E-state index is 15.2. The van der Waals surface area contributed by atoms with Gasteiger partial charge in [0.05, 0.1) is 33.5 Å². The number of carboxylic acid groups (broad SMARTS) is 1. The van der Waals surface area contributed by atoms with Gasteiger partial charge in [0.15, 0.2) is 11.6 Å². The van der Waals surface area contributed by atoms with E-state index in [1.54, 1.807) is 18.2 Å². The molecule has 5 atom stereocenters. The number of benzene rings is 5. The number of halogens is 3. The second-order valence-electron chi connectivity index (χ2n) is 13.0. The standard InChI is InChI=1S/C42H37ClF2O8/c1-48-34-20-17-30(35(44)36(34)45)21-31-22-32(18-19-33(31)43)42-39(51-25-29-15-9-4-10-16-29)37(49-23-27-11-5-2-6-12-27)38(41(53-42,26-52-42)40(46)47)50-24-28-13-7-3-8-14-28/h2-20,22,37-39H,21,23-26H2,1H3,(H,46,47)/t37-,38-,39+,41-,42-/m0/s1. The molecule has 0 saturated carbocycles. The van der Waals surface area contributed by atoms with E-state index in [9.17, 15) is 14.3 Å². The Morgan fingerprint density at radius 1 is 0.755 bits per heavy atom. The molecule has 8 nitrogen and oxygen atoms in total. The van der Waals surface area contributed by atoms with Gasteiger partial charge >= 0.3 is 5.97 Å². The predicted octanol–water partition coefficient (Wildman–Crippen LogP) is 8.01. The SMILES string of the molecule is COc1ccc(Cc2cc([C@]34OC[C@](C(=O)O)(O3)[C@@H](OCc3ccccc3)[C@H](OCc3ccccc3)[C@H]4OCc3ccccc3)ccc2Cl)c(F)c1F. The summed E-state index contributed by atoms with van der Waals surface area (Å²) in [7, 11) is 1.25. The van der Waals surface area contributed by atoms with Crippen molar-refractivity contribution in [3.8, 4) is 5.75 Å². The average Bonchev–Trinajstić information content (AvgIpc) is 3.55. The van der Waals surface area contributed by atoms with Crippen molar-refractivity contribution in [1.29, 1.82) is 0 Å². The van der Waals surface area contributed by atoms with Crippen molar-refractivity contribution in [2.45, 2.75) is 55.9 Å². The third-order valence-corrected chi connectivity index (χ3v) is 10.0. The minimum atomic E-state index is -2.03. The van der Waals surface area contributed by atoms with Crippen LogP contribution in [0.1, 0.15) is 33.4 Å².